The van der Waals surface area contributed by atoms with Crippen LogP contribution in [-0.2, 0) is 17.8 Å². The van der Waals surface area contributed by atoms with Crippen LogP contribution in [0.2, 0.25) is 0 Å². The third kappa shape index (κ3) is 6.01. The van der Waals surface area contributed by atoms with Crippen molar-refractivity contribution in [3.63, 3.8) is 0 Å². The van der Waals surface area contributed by atoms with Crippen LogP contribution in [0.3, 0.4) is 0 Å². The number of benzene rings is 2. The Hall–Kier alpha value is -1.95. The average molecular weight is 402 g/mol. The van der Waals surface area contributed by atoms with E-state index in [4.69, 9.17) is 9.47 Å². The molecule has 4 nitrogen and oxygen atoms in total. The highest BCUT2D eigenvalue weighted by Crippen LogP contribution is 2.38. The van der Waals surface area contributed by atoms with E-state index in [1.54, 1.807) is 19.2 Å². The van der Waals surface area contributed by atoms with Crippen molar-refractivity contribution in [2.75, 3.05) is 27.7 Å². The van der Waals surface area contributed by atoms with Gasteiger partial charge in [-0.1, -0.05) is 24.3 Å². The second-order valence-corrected chi connectivity index (χ2v) is 8.42. The van der Waals surface area contributed by atoms with Crippen LogP contribution in [0.4, 0.5) is 4.39 Å². The van der Waals surface area contributed by atoms with Crippen molar-refractivity contribution in [1.29, 1.82) is 0 Å². The van der Waals surface area contributed by atoms with E-state index >= 15 is 0 Å². The fourth-order valence-electron chi connectivity index (χ4n) is 4.27. The Labute approximate surface area is 173 Å². The van der Waals surface area contributed by atoms with E-state index in [2.05, 4.69) is 4.90 Å². The van der Waals surface area contributed by atoms with E-state index in [9.17, 15) is 9.50 Å². The minimum absolute atomic E-state index is 0.0931. The predicted octanol–water partition coefficient (Wildman–Crippen LogP) is 4.06. The maximum absolute atomic E-state index is 13.1. The summed E-state index contributed by atoms with van der Waals surface area (Å²) in [6.45, 7) is 1.27. The SMILES string of the molecule is COc1cccc(CC2(O)CCC(OCc3ccc(F)cc3)CC2CN(C)C)c1. The van der Waals surface area contributed by atoms with Crippen molar-refractivity contribution in [3.8, 4) is 5.75 Å². The van der Waals surface area contributed by atoms with Crippen molar-refractivity contribution in [2.45, 2.75) is 44.0 Å². The highest BCUT2D eigenvalue weighted by molar-refractivity contribution is 5.29. The van der Waals surface area contributed by atoms with Crippen LogP contribution in [0.25, 0.3) is 0 Å². The molecule has 2 aromatic carbocycles. The molecule has 0 aromatic heterocycles. The third-order valence-corrected chi connectivity index (χ3v) is 5.84. The highest BCUT2D eigenvalue weighted by Gasteiger charge is 2.42. The van der Waals surface area contributed by atoms with Crippen LogP contribution >= 0.6 is 0 Å². The number of rotatable bonds is 8. The van der Waals surface area contributed by atoms with Gasteiger partial charge in [0.1, 0.15) is 11.6 Å². The molecule has 0 aliphatic heterocycles. The Morgan fingerprint density at radius 1 is 1.14 bits per heavy atom. The minimum atomic E-state index is -0.771. The predicted molar refractivity (Wildman–Crippen MR) is 113 cm³/mol. The molecule has 1 N–H and O–H groups in total. The molecule has 0 amide bonds. The van der Waals surface area contributed by atoms with E-state index in [1.165, 1.54) is 12.1 Å². The molecule has 0 heterocycles. The fraction of sp³-hybridized carbons (Fsp3) is 0.500. The molecule has 3 rings (SSSR count). The van der Waals surface area contributed by atoms with Gasteiger partial charge in [0, 0.05) is 18.9 Å². The summed E-state index contributed by atoms with van der Waals surface area (Å²) >= 11 is 0. The smallest absolute Gasteiger partial charge is 0.123 e. The molecule has 3 unspecified atom stereocenters. The summed E-state index contributed by atoms with van der Waals surface area (Å²) in [5.41, 5.74) is 1.28. The van der Waals surface area contributed by atoms with Crippen LogP contribution in [0.15, 0.2) is 48.5 Å². The molecular weight excluding hydrogens is 369 g/mol. The molecule has 0 bridgehead atoms. The monoisotopic (exact) mass is 401 g/mol. The Balaban J connectivity index is 1.66. The van der Waals surface area contributed by atoms with Gasteiger partial charge in [-0.3, -0.25) is 0 Å². The molecule has 1 aliphatic rings. The first-order valence-electron chi connectivity index (χ1n) is 10.2. The molecule has 158 valence electrons. The van der Waals surface area contributed by atoms with Crippen molar-refractivity contribution < 1.29 is 19.0 Å². The van der Waals surface area contributed by atoms with Crippen molar-refractivity contribution >= 4 is 0 Å². The Kier molecular flexibility index (Phi) is 7.28. The van der Waals surface area contributed by atoms with E-state index in [0.29, 0.717) is 19.4 Å². The van der Waals surface area contributed by atoms with Crippen LogP contribution in [0.1, 0.15) is 30.4 Å². The quantitative estimate of drug-likeness (QED) is 0.725. The lowest BCUT2D eigenvalue weighted by Gasteiger charge is -2.44. The van der Waals surface area contributed by atoms with Crippen LogP contribution < -0.4 is 4.74 Å². The van der Waals surface area contributed by atoms with Gasteiger partial charge in [0.2, 0.25) is 0 Å². The number of aliphatic hydroxyl groups is 1. The van der Waals surface area contributed by atoms with Gasteiger partial charge < -0.3 is 19.5 Å². The summed E-state index contributed by atoms with van der Waals surface area (Å²) in [7, 11) is 5.73. The van der Waals surface area contributed by atoms with Gasteiger partial charge in [-0.2, -0.15) is 0 Å². The van der Waals surface area contributed by atoms with Gasteiger partial charge >= 0.3 is 0 Å². The van der Waals surface area contributed by atoms with Crippen molar-refractivity contribution in [3.05, 3.63) is 65.5 Å². The third-order valence-electron chi connectivity index (χ3n) is 5.84. The van der Waals surface area contributed by atoms with Gasteiger partial charge in [-0.15, -0.1) is 0 Å². The molecular formula is C24H32FNO3. The maximum Gasteiger partial charge on any atom is 0.123 e. The molecule has 1 aliphatic carbocycles. The summed E-state index contributed by atoms with van der Waals surface area (Å²) in [6.07, 6.45) is 3.01. The zero-order valence-electron chi connectivity index (χ0n) is 17.6. The molecule has 1 saturated carbocycles. The molecule has 5 heteroatoms. The Bertz CT molecular complexity index is 780. The Morgan fingerprint density at radius 3 is 2.59 bits per heavy atom. The topological polar surface area (TPSA) is 41.9 Å². The molecule has 3 atom stereocenters. The first kappa shape index (κ1) is 21.8. The number of halogens is 1. The average Bonchev–Trinajstić information content (AvgIpc) is 2.69. The van der Waals surface area contributed by atoms with Crippen LogP contribution in [0, 0.1) is 11.7 Å². The lowest BCUT2D eigenvalue weighted by Crippen LogP contribution is -2.50. The molecule has 1 fully saturated rings. The largest absolute Gasteiger partial charge is 0.497 e. The van der Waals surface area contributed by atoms with E-state index in [0.717, 1.165) is 36.3 Å². The zero-order chi connectivity index (χ0) is 20.9. The molecule has 29 heavy (non-hydrogen) atoms. The summed E-state index contributed by atoms with van der Waals surface area (Å²) in [5.74, 6) is 0.683. The van der Waals surface area contributed by atoms with Gasteiger partial charge in [0.25, 0.3) is 0 Å². The molecule has 0 radical (unpaired) electrons. The number of ether oxygens (including phenoxy) is 2. The minimum Gasteiger partial charge on any atom is -0.497 e. The van der Waals surface area contributed by atoms with Crippen molar-refractivity contribution in [2.24, 2.45) is 5.92 Å². The van der Waals surface area contributed by atoms with E-state index in [1.807, 2.05) is 38.4 Å². The first-order valence-corrected chi connectivity index (χ1v) is 10.2. The maximum atomic E-state index is 13.1. The van der Waals surface area contributed by atoms with E-state index in [-0.39, 0.29) is 17.8 Å². The Morgan fingerprint density at radius 2 is 1.90 bits per heavy atom. The van der Waals surface area contributed by atoms with Gasteiger partial charge in [0.15, 0.2) is 0 Å². The standard InChI is InChI=1S/C24H32FNO3/c1-26(2)16-20-14-23(29-17-18-7-9-21(25)10-8-18)11-12-24(20,27)15-19-5-4-6-22(13-19)28-3/h4-10,13,20,23,27H,11-12,14-17H2,1-3H3. The summed E-state index contributed by atoms with van der Waals surface area (Å²) in [6, 6.07) is 14.4. The summed E-state index contributed by atoms with van der Waals surface area (Å²) in [4.78, 5) is 2.13. The second kappa shape index (κ2) is 9.70. The highest BCUT2D eigenvalue weighted by atomic mass is 19.1. The summed E-state index contributed by atoms with van der Waals surface area (Å²) < 4.78 is 24.5. The number of hydrogen-bond donors (Lipinski definition) is 1. The van der Waals surface area contributed by atoms with E-state index < -0.39 is 5.60 Å². The molecule has 2 aromatic rings. The number of nitrogens with zero attached hydrogens (tertiary/aromatic N) is 1. The van der Waals surface area contributed by atoms with Crippen molar-refractivity contribution in [1.82, 2.24) is 4.90 Å². The van der Waals surface area contributed by atoms with Crippen LogP contribution in [0.5, 0.6) is 5.75 Å². The lowest BCUT2D eigenvalue weighted by atomic mass is 9.71. The van der Waals surface area contributed by atoms with Crippen LogP contribution in [-0.4, -0.2) is 49.5 Å². The first-order chi connectivity index (χ1) is 13.9. The number of hydrogen-bond acceptors (Lipinski definition) is 4. The zero-order valence-corrected chi connectivity index (χ0v) is 17.6. The number of methoxy groups -OCH3 is 1. The molecule has 0 saturated heterocycles. The normalized spacial score (nSPS) is 24.6. The second-order valence-electron chi connectivity index (χ2n) is 8.42. The van der Waals surface area contributed by atoms with Gasteiger partial charge in [-0.05, 0) is 68.8 Å². The fourth-order valence-corrected chi connectivity index (χ4v) is 4.27. The van der Waals surface area contributed by atoms with Gasteiger partial charge in [-0.25, -0.2) is 4.39 Å². The lowest BCUT2D eigenvalue weighted by molar-refractivity contribution is -0.105. The van der Waals surface area contributed by atoms with Gasteiger partial charge in [0.05, 0.1) is 25.4 Å². The molecule has 0 spiro atoms. The summed E-state index contributed by atoms with van der Waals surface area (Å²) in [5, 5.41) is 11.6.